The number of Topliss-reactive ketones (excluding diaryl/α,β-unsaturated/α-hetero) is 1. The van der Waals surface area contributed by atoms with E-state index in [1.807, 2.05) is 19.2 Å². The Labute approximate surface area is 191 Å². The lowest BCUT2D eigenvalue weighted by atomic mass is 9.89. The molecule has 0 unspecified atom stereocenters. The monoisotopic (exact) mass is 462 g/mol. The van der Waals surface area contributed by atoms with Gasteiger partial charge in [-0.2, -0.15) is 17.0 Å². The zero-order valence-electron chi connectivity index (χ0n) is 19.0. The van der Waals surface area contributed by atoms with Gasteiger partial charge in [0.05, 0.1) is 0 Å². The number of amides is 1. The molecule has 1 amide bonds. The van der Waals surface area contributed by atoms with Crippen LogP contribution in [0.1, 0.15) is 47.2 Å². The molecule has 3 aliphatic rings. The molecule has 2 heterocycles. The number of piperazine rings is 2. The van der Waals surface area contributed by atoms with E-state index in [1.54, 1.807) is 9.21 Å². The number of nitrogens with zero attached hydrogens (tertiary/aromatic N) is 4. The van der Waals surface area contributed by atoms with Crippen molar-refractivity contribution in [3.8, 4) is 0 Å². The minimum Gasteiger partial charge on any atom is -0.340 e. The van der Waals surface area contributed by atoms with Gasteiger partial charge < -0.3 is 9.80 Å². The smallest absolute Gasteiger partial charge is 0.282 e. The number of likely N-dealkylation sites (N-methyl/N-ethyl adjacent to an activating group) is 1. The van der Waals surface area contributed by atoms with Crippen molar-refractivity contribution in [1.29, 1.82) is 0 Å². The Bertz CT molecular complexity index is 949. The molecule has 2 saturated heterocycles. The normalized spacial score (nSPS) is 21.3. The first-order valence-electron chi connectivity index (χ1n) is 11.7. The van der Waals surface area contributed by atoms with E-state index in [4.69, 9.17) is 0 Å². The van der Waals surface area contributed by atoms with Crippen LogP contribution in [-0.4, -0.2) is 97.9 Å². The molecule has 0 atom stereocenters. The lowest BCUT2D eigenvalue weighted by Crippen LogP contribution is -2.57. The van der Waals surface area contributed by atoms with Crippen molar-refractivity contribution in [3.63, 3.8) is 0 Å². The van der Waals surface area contributed by atoms with E-state index in [2.05, 4.69) is 11.0 Å². The Hall–Kier alpha value is -1.81. The Kier molecular flexibility index (Phi) is 7.29. The van der Waals surface area contributed by atoms with Crippen LogP contribution in [0.25, 0.3) is 0 Å². The second-order valence-electron chi connectivity index (χ2n) is 9.10. The van der Waals surface area contributed by atoms with Crippen molar-refractivity contribution >= 4 is 21.9 Å². The van der Waals surface area contributed by atoms with Crippen LogP contribution in [0.5, 0.6) is 0 Å². The molecule has 2 fully saturated rings. The molecule has 8 nitrogen and oxygen atoms in total. The molecule has 9 heteroatoms. The van der Waals surface area contributed by atoms with Gasteiger partial charge in [0, 0.05) is 70.8 Å². The highest BCUT2D eigenvalue weighted by Crippen LogP contribution is 2.23. The Balaban J connectivity index is 1.25. The molecule has 0 radical (unpaired) electrons. The van der Waals surface area contributed by atoms with E-state index in [0.717, 1.165) is 25.9 Å². The Morgan fingerprint density at radius 1 is 0.812 bits per heavy atom. The average molecular weight is 463 g/mol. The maximum Gasteiger partial charge on any atom is 0.282 e. The zero-order valence-corrected chi connectivity index (χ0v) is 19.8. The number of fused-ring (bicyclic) bond motifs is 1. The van der Waals surface area contributed by atoms with E-state index in [9.17, 15) is 18.0 Å². The molecule has 1 aliphatic carbocycles. The van der Waals surface area contributed by atoms with Gasteiger partial charge in [0.25, 0.3) is 10.2 Å². The van der Waals surface area contributed by atoms with Gasteiger partial charge in [0.1, 0.15) is 0 Å². The van der Waals surface area contributed by atoms with Crippen molar-refractivity contribution in [2.75, 3.05) is 59.4 Å². The standard InChI is InChI=1S/C23H34N4O4S/c1-24-10-14-26(15-11-24)32(30,31)27-16-12-25(13-17-27)23(29)9-8-22(28)21-7-6-19-4-2-3-5-20(19)18-21/h6-7,18H,2-5,8-17H2,1H3. The van der Waals surface area contributed by atoms with Gasteiger partial charge >= 0.3 is 0 Å². The molecule has 176 valence electrons. The van der Waals surface area contributed by atoms with Gasteiger partial charge in [-0.3, -0.25) is 9.59 Å². The number of hydrogen-bond acceptors (Lipinski definition) is 5. The van der Waals surface area contributed by atoms with Gasteiger partial charge in [0.15, 0.2) is 5.78 Å². The highest BCUT2D eigenvalue weighted by Gasteiger charge is 2.34. The number of ketones is 1. The SMILES string of the molecule is CN1CCN(S(=O)(=O)N2CCN(C(=O)CCC(=O)c3ccc4c(c3)CCCC4)CC2)CC1. The fourth-order valence-corrected chi connectivity index (χ4v) is 6.36. The van der Waals surface area contributed by atoms with Crippen molar-refractivity contribution < 1.29 is 18.0 Å². The molecule has 32 heavy (non-hydrogen) atoms. The van der Waals surface area contributed by atoms with Gasteiger partial charge in [-0.1, -0.05) is 12.1 Å². The van der Waals surface area contributed by atoms with E-state index < -0.39 is 10.2 Å². The maximum atomic E-state index is 12.9. The van der Waals surface area contributed by atoms with E-state index in [1.165, 1.54) is 28.3 Å². The van der Waals surface area contributed by atoms with Crippen LogP contribution in [0.2, 0.25) is 0 Å². The number of rotatable bonds is 6. The molecule has 1 aromatic carbocycles. The van der Waals surface area contributed by atoms with Crippen LogP contribution in [0, 0.1) is 0 Å². The van der Waals surface area contributed by atoms with Crippen LogP contribution < -0.4 is 0 Å². The lowest BCUT2D eigenvalue weighted by molar-refractivity contribution is -0.132. The summed E-state index contributed by atoms with van der Waals surface area (Å²) in [5, 5.41) is 0. The van der Waals surface area contributed by atoms with Crippen LogP contribution in [0.4, 0.5) is 0 Å². The first kappa shape index (κ1) is 23.4. The summed E-state index contributed by atoms with van der Waals surface area (Å²) in [7, 11) is -1.49. The number of aryl methyl sites for hydroxylation is 2. The molecule has 2 aliphatic heterocycles. The molecule has 0 aromatic heterocycles. The molecular formula is C23H34N4O4S. The highest BCUT2D eigenvalue weighted by molar-refractivity contribution is 7.86. The quantitative estimate of drug-likeness (QED) is 0.593. The molecule has 0 spiro atoms. The minimum atomic E-state index is -3.48. The third-order valence-corrected chi connectivity index (χ3v) is 8.98. The first-order valence-corrected chi connectivity index (χ1v) is 13.1. The van der Waals surface area contributed by atoms with Crippen LogP contribution in [0.3, 0.4) is 0 Å². The topological polar surface area (TPSA) is 81.2 Å². The lowest BCUT2D eigenvalue weighted by Gasteiger charge is -2.39. The van der Waals surface area contributed by atoms with Gasteiger partial charge in [0.2, 0.25) is 5.91 Å². The van der Waals surface area contributed by atoms with Gasteiger partial charge in [-0.05, 0) is 49.9 Å². The summed E-state index contributed by atoms with van der Waals surface area (Å²) >= 11 is 0. The maximum absolute atomic E-state index is 12.9. The Morgan fingerprint density at radius 2 is 1.41 bits per heavy atom. The first-order chi connectivity index (χ1) is 15.3. The second kappa shape index (κ2) is 9.99. The molecule has 1 aromatic rings. The third-order valence-electron chi connectivity index (χ3n) is 6.94. The summed E-state index contributed by atoms with van der Waals surface area (Å²) in [6.07, 6.45) is 4.84. The van der Waals surface area contributed by atoms with Gasteiger partial charge in [-0.25, -0.2) is 0 Å². The van der Waals surface area contributed by atoms with Gasteiger partial charge in [-0.15, -0.1) is 0 Å². The average Bonchev–Trinajstić information content (AvgIpc) is 2.82. The minimum absolute atomic E-state index is 0.00278. The predicted octanol–water partition coefficient (Wildman–Crippen LogP) is 1.16. The van der Waals surface area contributed by atoms with Crippen LogP contribution in [0.15, 0.2) is 18.2 Å². The largest absolute Gasteiger partial charge is 0.340 e. The van der Waals surface area contributed by atoms with Crippen LogP contribution in [-0.2, 0) is 27.8 Å². The van der Waals surface area contributed by atoms with Crippen LogP contribution >= 0.6 is 0 Å². The van der Waals surface area contributed by atoms with E-state index in [-0.39, 0.29) is 24.5 Å². The van der Waals surface area contributed by atoms with E-state index >= 15 is 0 Å². The fourth-order valence-electron chi connectivity index (χ4n) is 4.78. The Morgan fingerprint density at radius 3 is 2.06 bits per heavy atom. The summed E-state index contributed by atoms with van der Waals surface area (Å²) < 4.78 is 28.8. The highest BCUT2D eigenvalue weighted by atomic mass is 32.2. The molecular weight excluding hydrogens is 428 g/mol. The fraction of sp³-hybridized carbons (Fsp3) is 0.652. The third kappa shape index (κ3) is 5.22. The van der Waals surface area contributed by atoms with E-state index in [0.29, 0.717) is 44.8 Å². The molecule has 4 rings (SSSR count). The molecule has 0 bridgehead atoms. The summed E-state index contributed by atoms with van der Waals surface area (Å²) in [5.74, 6) is -0.0732. The molecule has 0 saturated carbocycles. The second-order valence-corrected chi connectivity index (χ2v) is 11.0. The number of carbonyl (C=O) groups is 2. The summed E-state index contributed by atoms with van der Waals surface area (Å²) in [6, 6.07) is 5.95. The predicted molar refractivity (Wildman–Crippen MR) is 123 cm³/mol. The number of hydrogen-bond donors (Lipinski definition) is 0. The number of benzene rings is 1. The van der Waals surface area contributed by atoms with Crippen molar-refractivity contribution in [3.05, 3.63) is 34.9 Å². The summed E-state index contributed by atoms with van der Waals surface area (Å²) in [4.78, 5) is 29.1. The van der Waals surface area contributed by atoms with Crippen molar-refractivity contribution in [2.24, 2.45) is 0 Å². The summed E-state index contributed by atoms with van der Waals surface area (Å²) in [5.41, 5.74) is 3.31. The zero-order chi connectivity index (χ0) is 22.7. The van der Waals surface area contributed by atoms with Crippen molar-refractivity contribution in [2.45, 2.75) is 38.5 Å². The summed E-state index contributed by atoms with van der Waals surface area (Å²) in [6.45, 7) is 3.83. The van der Waals surface area contributed by atoms with Crippen molar-refractivity contribution in [1.82, 2.24) is 18.4 Å². The number of carbonyl (C=O) groups excluding carboxylic acids is 2. The molecule has 0 N–H and O–H groups in total.